The first kappa shape index (κ1) is 21.6. The van der Waals surface area contributed by atoms with Crippen molar-refractivity contribution in [3.05, 3.63) is 53.2 Å². The predicted molar refractivity (Wildman–Crippen MR) is 99.7 cm³/mol. The first-order valence-corrected chi connectivity index (χ1v) is 9.32. The molecule has 0 aliphatic carbocycles. The molecule has 26 heavy (non-hydrogen) atoms. The Morgan fingerprint density at radius 3 is 2.23 bits per heavy atom. The number of nitrogens with one attached hydrogen (secondary N) is 2. The molecular formula is C17H24N4O4S. The lowest BCUT2D eigenvalue weighted by atomic mass is 10.1. The number of hydrogen-bond acceptors (Lipinski definition) is 6. The highest BCUT2D eigenvalue weighted by molar-refractivity contribution is 7.89. The van der Waals surface area contributed by atoms with Crippen molar-refractivity contribution in [1.29, 1.82) is 0 Å². The van der Waals surface area contributed by atoms with Crippen LogP contribution in [0.2, 0.25) is 0 Å². The summed E-state index contributed by atoms with van der Waals surface area (Å²) < 4.78 is 24.0. The first-order valence-electron chi connectivity index (χ1n) is 7.83. The number of rotatable bonds is 4. The largest absolute Gasteiger partial charge is 0.394 e. The number of hydrogen-bond donors (Lipinski definition) is 4. The van der Waals surface area contributed by atoms with Crippen LogP contribution in [0.5, 0.6) is 0 Å². The van der Waals surface area contributed by atoms with Crippen LogP contribution in [0.15, 0.2) is 41.3 Å². The van der Waals surface area contributed by atoms with Gasteiger partial charge in [-0.1, -0.05) is 18.2 Å². The van der Waals surface area contributed by atoms with E-state index in [1.54, 1.807) is 52.0 Å². The zero-order valence-electron chi connectivity index (χ0n) is 15.1. The van der Waals surface area contributed by atoms with E-state index in [2.05, 4.69) is 10.4 Å². The molecular weight excluding hydrogens is 356 g/mol. The molecule has 0 aliphatic heterocycles. The molecule has 1 aromatic heterocycles. The molecule has 8 nitrogen and oxygen atoms in total. The van der Waals surface area contributed by atoms with Crippen LogP contribution in [0.3, 0.4) is 0 Å². The molecule has 0 unspecified atom stereocenters. The van der Waals surface area contributed by atoms with E-state index in [1.807, 2.05) is 4.83 Å². The number of sulfonamides is 1. The van der Waals surface area contributed by atoms with Gasteiger partial charge in [-0.05, 0) is 51.5 Å². The highest BCUT2D eigenvalue weighted by Crippen LogP contribution is 2.15. The maximum Gasteiger partial charge on any atom is 0.270 e. The SMILES string of the molecule is CC(C)O.Cc1cc(C)c(C(=O)NNS(=O)(=O)c2ccccc2)c(N)n1. The third-order valence-corrected chi connectivity index (χ3v) is 4.22. The van der Waals surface area contributed by atoms with E-state index < -0.39 is 15.9 Å². The van der Waals surface area contributed by atoms with Gasteiger partial charge in [0.25, 0.3) is 15.9 Å². The van der Waals surface area contributed by atoms with Crippen molar-refractivity contribution in [2.45, 2.75) is 38.7 Å². The molecule has 0 saturated carbocycles. The van der Waals surface area contributed by atoms with Gasteiger partial charge in [0.15, 0.2) is 0 Å². The van der Waals surface area contributed by atoms with Gasteiger partial charge >= 0.3 is 0 Å². The summed E-state index contributed by atoms with van der Waals surface area (Å²) in [7, 11) is -3.84. The minimum absolute atomic E-state index is 0.0435. The fraction of sp³-hybridized carbons (Fsp3) is 0.294. The number of pyridine rings is 1. The van der Waals surface area contributed by atoms with Crippen LogP contribution in [0.25, 0.3) is 0 Å². The Morgan fingerprint density at radius 2 is 1.73 bits per heavy atom. The number of nitrogen functional groups attached to an aromatic ring is 1. The molecule has 142 valence electrons. The summed E-state index contributed by atoms with van der Waals surface area (Å²) in [5, 5.41) is 8.06. The summed E-state index contributed by atoms with van der Waals surface area (Å²) in [5.41, 5.74) is 9.30. The summed E-state index contributed by atoms with van der Waals surface area (Å²) in [5.74, 6) is -0.615. The fourth-order valence-corrected chi connectivity index (χ4v) is 2.86. The Kier molecular flexibility index (Phi) is 7.69. The lowest BCUT2D eigenvalue weighted by molar-refractivity contribution is 0.0945. The van der Waals surface area contributed by atoms with E-state index in [9.17, 15) is 13.2 Å². The summed E-state index contributed by atoms with van der Waals surface area (Å²) in [4.78, 5) is 18.2. The number of aliphatic hydroxyl groups excluding tert-OH is 1. The molecule has 0 atom stereocenters. The van der Waals surface area contributed by atoms with E-state index in [-0.39, 0.29) is 22.4 Å². The Bertz CT molecular complexity index is 827. The van der Waals surface area contributed by atoms with Crippen LogP contribution in [0, 0.1) is 13.8 Å². The third kappa shape index (κ3) is 6.43. The molecule has 0 saturated heterocycles. The molecule has 0 bridgehead atoms. The highest BCUT2D eigenvalue weighted by atomic mass is 32.2. The minimum Gasteiger partial charge on any atom is -0.394 e. The summed E-state index contributed by atoms with van der Waals surface area (Å²) >= 11 is 0. The number of carbonyl (C=O) groups is 1. The second-order valence-electron chi connectivity index (χ2n) is 5.81. The molecule has 2 aromatic rings. The fourth-order valence-electron chi connectivity index (χ4n) is 2.00. The number of anilines is 1. The van der Waals surface area contributed by atoms with Crippen LogP contribution in [-0.4, -0.2) is 30.5 Å². The lowest BCUT2D eigenvalue weighted by Gasteiger charge is -2.11. The molecule has 0 fully saturated rings. The molecule has 1 heterocycles. The quantitative estimate of drug-likeness (QED) is 0.591. The van der Waals surface area contributed by atoms with Crippen molar-refractivity contribution in [1.82, 2.24) is 15.2 Å². The molecule has 0 aliphatic rings. The van der Waals surface area contributed by atoms with Crippen LogP contribution < -0.4 is 16.0 Å². The number of benzene rings is 1. The average molecular weight is 380 g/mol. The Hall–Kier alpha value is -2.49. The average Bonchev–Trinajstić information content (AvgIpc) is 2.52. The first-order chi connectivity index (χ1) is 12.0. The minimum atomic E-state index is -3.84. The smallest absolute Gasteiger partial charge is 0.270 e. The number of aryl methyl sites for hydroxylation is 2. The van der Waals surface area contributed by atoms with Gasteiger partial charge in [-0.2, -0.15) is 0 Å². The molecule has 0 spiro atoms. The molecule has 5 N–H and O–H groups in total. The molecule has 0 radical (unpaired) electrons. The van der Waals surface area contributed by atoms with Crippen molar-refractivity contribution in [2.75, 3.05) is 5.73 Å². The van der Waals surface area contributed by atoms with Crippen molar-refractivity contribution in [3.63, 3.8) is 0 Å². The number of carbonyl (C=O) groups excluding carboxylic acids is 1. The van der Waals surface area contributed by atoms with Crippen LogP contribution in [0.1, 0.15) is 35.5 Å². The zero-order chi connectivity index (χ0) is 19.9. The van der Waals surface area contributed by atoms with E-state index in [4.69, 9.17) is 10.8 Å². The number of nitrogens with two attached hydrogens (primary N) is 1. The van der Waals surface area contributed by atoms with Gasteiger partial charge in [0.1, 0.15) is 5.82 Å². The van der Waals surface area contributed by atoms with Crippen molar-refractivity contribution >= 4 is 21.7 Å². The topological polar surface area (TPSA) is 134 Å². The van der Waals surface area contributed by atoms with Crippen LogP contribution in [-0.2, 0) is 10.0 Å². The zero-order valence-corrected chi connectivity index (χ0v) is 16.0. The van der Waals surface area contributed by atoms with Gasteiger partial charge in [0.2, 0.25) is 0 Å². The van der Waals surface area contributed by atoms with Gasteiger partial charge in [-0.25, -0.2) is 13.4 Å². The normalized spacial score (nSPS) is 10.8. The second-order valence-corrected chi connectivity index (χ2v) is 7.49. The second kappa shape index (κ2) is 9.27. The maximum atomic E-state index is 12.1. The Balaban J connectivity index is 0.000000765. The number of aliphatic hydroxyl groups is 1. The van der Waals surface area contributed by atoms with E-state index >= 15 is 0 Å². The van der Waals surface area contributed by atoms with Gasteiger partial charge in [0.05, 0.1) is 10.5 Å². The Morgan fingerprint density at radius 1 is 1.19 bits per heavy atom. The number of aromatic nitrogens is 1. The molecule has 2 rings (SSSR count). The van der Waals surface area contributed by atoms with Crippen molar-refractivity contribution in [2.24, 2.45) is 0 Å². The lowest BCUT2D eigenvalue weighted by Crippen LogP contribution is -2.42. The standard InChI is InChI=1S/C14H16N4O3S.C3H8O/c1-9-8-10(2)16-13(15)12(9)14(19)17-18-22(20,21)11-6-4-3-5-7-11;1-3(2)4/h3-8,18H,1-2H3,(H2,15,16)(H,17,19);3-4H,1-2H3. The summed E-state index contributed by atoms with van der Waals surface area (Å²) in [6, 6.07) is 9.39. The van der Waals surface area contributed by atoms with Gasteiger partial charge in [0, 0.05) is 11.8 Å². The van der Waals surface area contributed by atoms with E-state index in [0.717, 1.165) is 0 Å². The number of amides is 1. The van der Waals surface area contributed by atoms with Crippen molar-refractivity contribution < 1.29 is 18.3 Å². The van der Waals surface area contributed by atoms with Crippen LogP contribution >= 0.6 is 0 Å². The Labute approximate surface area is 153 Å². The predicted octanol–water partition coefficient (Wildman–Crippen LogP) is 1.29. The van der Waals surface area contributed by atoms with E-state index in [1.165, 1.54) is 12.1 Å². The molecule has 1 amide bonds. The van der Waals surface area contributed by atoms with Gasteiger partial charge in [-0.3, -0.25) is 10.2 Å². The third-order valence-electron chi connectivity index (χ3n) is 2.95. The molecule has 1 aromatic carbocycles. The monoisotopic (exact) mass is 380 g/mol. The molecule has 9 heteroatoms. The number of nitrogens with zero attached hydrogens (tertiary/aromatic N) is 1. The van der Waals surface area contributed by atoms with Gasteiger partial charge in [-0.15, -0.1) is 4.83 Å². The summed E-state index contributed by atoms with van der Waals surface area (Å²) in [6.07, 6.45) is -0.167. The van der Waals surface area contributed by atoms with E-state index in [0.29, 0.717) is 11.3 Å². The number of hydrazine groups is 1. The summed E-state index contributed by atoms with van der Waals surface area (Å²) in [6.45, 7) is 6.90. The van der Waals surface area contributed by atoms with Gasteiger partial charge < -0.3 is 10.8 Å². The highest BCUT2D eigenvalue weighted by Gasteiger charge is 2.18. The van der Waals surface area contributed by atoms with Crippen molar-refractivity contribution in [3.8, 4) is 0 Å². The maximum absolute atomic E-state index is 12.1. The van der Waals surface area contributed by atoms with Crippen LogP contribution in [0.4, 0.5) is 5.82 Å².